The predicted octanol–water partition coefficient (Wildman–Crippen LogP) is 2.58. The van der Waals surface area contributed by atoms with Crippen molar-refractivity contribution in [3.05, 3.63) is 23.2 Å². The second-order valence-electron chi connectivity index (χ2n) is 7.63. The van der Waals surface area contributed by atoms with E-state index in [9.17, 15) is 4.79 Å². The molecule has 3 heterocycles. The summed E-state index contributed by atoms with van der Waals surface area (Å²) in [6.45, 7) is 9.07. The van der Waals surface area contributed by atoms with E-state index >= 15 is 0 Å². The number of hydrogen-bond donors (Lipinski definition) is 1. The third-order valence-electron chi connectivity index (χ3n) is 5.77. The van der Waals surface area contributed by atoms with Gasteiger partial charge in [0, 0.05) is 17.6 Å². The molecule has 3 rings (SSSR count). The lowest BCUT2D eigenvalue weighted by molar-refractivity contribution is 0.0143. The van der Waals surface area contributed by atoms with E-state index in [4.69, 9.17) is 4.42 Å². The number of amides is 1. The van der Waals surface area contributed by atoms with Crippen LogP contribution in [0.5, 0.6) is 0 Å². The van der Waals surface area contributed by atoms with Crippen LogP contribution in [0, 0.1) is 13.8 Å². The summed E-state index contributed by atoms with van der Waals surface area (Å²) in [5.74, 6) is 1.19. The van der Waals surface area contributed by atoms with Gasteiger partial charge in [0.25, 0.3) is 5.91 Å². The van der Waals surface area contributed by atoms with Gasteiger partial charge in [0.15, 0.2) is 5.76 Å². The van der Waals surface area contributed by atoms with Crippen molar-refractivity contribution < 1.29 is 9.21 Å². The van der Waals surface area contributed by atoms with Gasteiger partial charge in [-0.1, -0.05) is 6.42 Å². The summed E-state index contributed by atoms with van der Waals surface area (Å²) >= 11 is 0. The van der Waals surface area contributed by atoms with Crippen molar-refractivity contribution in [2.45, 2.75) is 51.5 Å². The van der Waals surface area contributed by atoms with E-state index in [0.29, 0.717) is 5.76 Å². The number of carbonyl (C=O) groups is 1. The first-order chi connectivity index (χ1) is 11.5. The van der Waals surface area contributed by atoms with Crippen molar-refractivity contribution in [1.29, 1.82) is 0 Å². The van der Waals surface area contributed by atoms with Gasteiger partial charge < -0.3 is 14.6 Å². The zero-order valence-electron chi connectivity index (χ0n) is 15.4. The van der Waals surface area contributed by atoms with E-state index in [1.807, 2.05) is 19.9 Å². The molecule has 0 radical (unpaired) electrons. The maximum atomic E-state index is 12.6. The molecular weight excluding hydrogens is 302 g/mol. The fourth-order valence-corrected chi connectivity index (χ4v) is 4.20. The Kier molecular flexibility index (Phi) is 5.30. The molecule has 5 nitrogen and oxygen atoms in total. The molecule has 2 saturated heterocycles. The monoisotopic (exact) mass is 333 g/mol. The summed E-state index contributed by atoms with van der Waals surface area (Å²) in [6, 6.07) is 1.92. The number of furan rings is 1. The Hall–Kier alpha value is -1.33. The molecule has 134 valence electrons. The molecule has 0 unspecified atom stereocenters. The summed E-state index contributed by atoms with van der Waals surface area (Å²) in [4.78, 5) is 17.6. The normalized spacial score (nSPS) is 22.5. The smallest absolute Gasteiger partial charge is 0.287 e. The van der Waals surface area contributed by atoms with Gasteiger partial charge in [-0.2, -0.15) is 0 Å². The van der Waals surface area contributed by atoms with E-state index in [1.165, 1.54) is 32.4 Å². The number of nitrogens with zero attached hydrogens (tertiary/aromatic N) is 2. The minimum absolute atomic E-state index is 0.0732. The van der Waals surface area contributed by atoms with Crippen LogP contribution >= 0.6 is 0 Å². The van der Waals surface area contributed by atoms with Crippen molar-refractivity contribution in [1.82, 2.24) is 15.1 Å². The molecule has 0 saturated carbocycles. The molecule has 5 heteroatoms. The minimum atomic E-state index is -0.0732. The molecule has 0 bridgehead atoms. The van der Waals surface area contributed by atoms with Crippen LogP contribution in [0.4, 0.5) is 0 Å². The summed E-state index contributed by atoms with van der Waals surface area (Å²) in [6.07, 6.45) is 6.15. The van der Waals surface area contributed by atoms with Crippen molar-refractivity contribution in [2.75, 3.05) is 39.8 Å². The van der Waals surface area contributed by atoms with Crippen LogP contribution in [-0.2, 0) is 0 Å². The van der Waals surface area contributed by atoms with Gasteiger partial charge in [-0.25, -0.2) is 0 Å². The average Bonchev–Trinajstić information content (AvgIpc) is 2.94. The van der Waals surface area contributed by atoms with Crippen LogP contribution in [0.1, 0.15) is 54.0 Å². The highest BCUT2D eigenvalue weighted by Crippen LogP contribution is 2.31. The third-order valence-corrected chi connectivity index (χ3v) is 5.77. The van der Waals surface area contributed by atoms with Gasteiger partial charge in [-0.15, -0.1) is 0 Å². The standard InChI is InChI=1S/C19H31N3O2/c1-15-13-16(2)24-17(15)18(23)20-14-19(7-11-21(3)12-8-19)22-9-5-4-6-10-22/h13H,4-12,14H2,1-3H3,(H,20,23). The summed E-state index contributed by atoms with van der Waals surface area (Å²) in [5, 5.41) is 3.18. The maximum Gasteiger partial charge on any atom is 0.287 e. The Morgan fingerprint density at radius 1 is 1.17 bits per heavy atom. The number of carbonyl (C=O) groups excluding carboxylic acids is 1. The van der Waals surface area contributed by atoms with Crippen LogP contribution in [0.15, 0.2) is 10.5 Å². The Labute approximate surface area is 145 Å². The SMILES string of the molecule is Cc1cc(C)c(C(=O)NCC2(N3CCCCC3)CCN(C)CC2)o1. The van der Waals surface area contributed by atoms with E-state index in [-0.39, 0.29) is 11.4 Å². The highest BCUT2D eigenvalue weighted by molar-refractivity contribution is 5.92. The minimum Gasteiger partial charge on any atom is -0.456 e. The number of likely N-dealkylation sites (tertiary alicyclic amines) is 2. The molecule has 1 amide bonds. The largest absolute Gasteiger partial charge is 0.456 e. The van der Waals surface area contributed by atoms with E-state index in [0.717, 1.165) is 43.8 Å². The van der Waals surface area contributed by atoms with Crippen molar-refractivity contribution in [3.63, 3.8) is 0 Å². The summed E-state index contributed by atoms with van der Waals surface area (Å²) < 4.78 is 5.58. The third kappa shape index (κ3) is 3.67. The fourth-order valence-electron chi connectivity index (χ4n) is 4.20. The van der Waals surface area contributed by atoms with Gasteiger partial charge in [0.2, 0.25) is 0 Å². The molecule has 24 heavy (non-hydrogen) atoms. The zero-order chi connectivity index (χ0) is 17.2. The fraction of sp³-hybridized carbons (Fsp3) is 0.737. The lowest BCUT2D eigenvalue weighted by Gasteiger charge is -2.50. The first kappa shape index (κ1) is 17.5. The van der Waals surface area contributed by atoms with Gasteiger partial charge in [-0.05, 0) is 78.8 Å². The first-order valence-corrected chi connectivity index (χ1v) is 9.29. The van der Waals surface area contributed by atoms with Crippen LogP contribution < -0.4 is 5.32 Å². The molecule has 0 spiro atoms. The molecule has 2 fully saturated rings. The van der Waals surface area contributed by atoms with Gasteiger partial charge in [0.1, 0.15) is 5.76 Å². The molecule has 1 aromatic heterocycles. The maximum absolute atomic E-state index is 12.6. The highest BCUT2D eigenvalue weighted by atomic mass is 16.3. The van der Waals surface area contributed by atoms with Gasteiger partial charge in [-0.3, -0.25) is 9.69 Å². The second kappa shape index (κ2) is 7.28. The molecule has 1 aromatic rings. The van der Waals surface area contributed by atoms with E-state index in [1.54, 1.807) is 0 Å². The Morgan fingerprint density at radius 3 is 2.42 bits per heavy atom. The zero-order valence-corrected chi connectivity index (χ0v) is 15.4. The molecule has 0 aliphatic carbocycles. The van der Waals surface area contributed by atoms with Crippen LogP contribution in [0.25, 0.3) is 0 Å². The predicted molar refractivity (Wildman–Crippen MR) is 95.4 cm³/mol. The van der Waals surface area contributed by atoms with Crippen LogP contribution in [0.3, 0.4) is 0 Å². The molecule has 0 atom stereocenters. The van der Waals surface area contributed by atoms with Crippen molar-refractivity contribution in [2.24, 2.45) is 0 Å². The lowest BCUT2D eigenvalue weighted by Crippen LogP contribution is -2.61. The first-order valence-electron chi connectivity index (χ1n) is 9.29. The quantitative estimate of drug-likeness (QED) is 0.920. The lowest BCUT2D eigenvalue weighted by atomic mass is 9.84. The van der Waals surface area contributed by atoms with Crippen molar-refractivity contribution in [3.8, 4) is 0 Å². The Morgan fingerprint density at radius 2 is 1.83 bits per heavy atom. The van der Waals surface area contributed by atoms with Crippen molar-refractivity contribution >= 4 is 5.91 Å². The Bertz CT molecular complexity index is 567. The molecule has 2 aliphatic heterocycles. The number of rotatable bonds is 4. The molecule has 1 N–H and O–H groups in total. The highest BCUT2D eigenvalue weighted by Gasteiger charge is 2.40. The number of piperidine rings is 2. The average molecular weight is 333 g/mol. The second-order valence-corrected chi connectivity index (χ2v) is 7.63. The molecular formula is C19H31N3O2. The summed E-state index contributed by atoms with van der Waals surface area (Å²) in [5.41, 5.74) is 1.03. The Balaban J connectivity index is 1.69. The van der Waals surface area contributed by atoms with Gasteiger partial charge in [0.05, 0.1) is 0 Å². The van der Waals surface area contributed by atoms with Gasteiger partial charge >= 0.3 is 0 Å². The summed E-state index contributed by atoms with van der Waals surface area (Å²) in [7, 11) is 2.19. The van der Waals surface area contributed by atoms with Crippen LogP contribution in [0.2, 0.25) is 0 Å². The molecule has 0 aromatic carbocycles. The number of nitrogens with one attached hydrogen (secondary N) is 1. The van der Waals surface area contributed by atoms with E-state index in [2.05, 4.69) is 22.2 Å². The topological polar surface area (TPSA) is 48.7 Å². The van der Waals surface area contributed by atoms with E-state index < -0.39 is 0 Å². The van der Waals surface area contributed by atoms with Crippen LogP contribution in [-0.4, -0.2) is 61.0 Å². The molecule has 2 aliphatic rings. The number of aryl methyl sites for hydroxylation is 2. The number of hydrogen-bond acceptors (Lipinski definition) is 4.